The minimum atomic E-state index is -4.59. The highest BCUT2D eigenvalue weighted by atomic mass is 79.9. The predicted molar refractivity (Wildman–Crippen MR) is 73.1 cm³/mol. The van der Waals surface area contributed by atoms with Crippen molar-refractivity contribution in [3.63, 3.8) is 0 Å². The summed E-state index contributed by atoms with van der Waals surface area (Å²) in [4.78, 5) is 3.58. The van der Waals surface area contributed by atoms with Gasteiger partial charge in [-0.15, -0.1) is 0 Å². The van der Waals surface area contributed by atoms with Gasteiger partial charge in [-0.3, -0.25) is 0 Å². The minimum Gasteiger partial charge on any atom is -0.319 e. The topological polar surface area (TPSA) is 17.8 Å². The first-order chi connectivity index (χ1) is 8.70. The standard InChI is InChI=1S/C10H5BrCl3F3N2/c1-2-19-8-6(14)5(13)4(12)3(11)7(8)18-9(19)10(15,16)17/h2H2,1H3. The second-order valence-corrected chi connectivity index (χ2v) is 5.56. The molecule has 0 saturated carbocycles. The van der Waals surface area contributed by atoms with Crippen molar-refractivity contribution >= 4 is 61.8 Å². The normalized spacial score (nSPS) is 12.4. The Morgan fingerprint density at radius 2 is 1.74 bits per heavy atom. The largest absolute Gasteiger partial charge is 0.449 e. The summed E-state index contributed by atoms with van der Waals surface area (Å²) in [6, 6.07) is 0. The van der Waals surface area contributed by atoms with Gasteiger partial charge in [-0.05, 0) is 22.9 Å². The summed E-state index contributed by atoms with van der Waals surface area (Å²) in [5.41, 5.74) is 0.145. The first-order valence-corrected chi connectivity index (χ1v) is 6.92. The Morgan fingerprint density at radius 3 is 2.21 bits per heavy atom. The molecule has 0 radical (unpaired) electrons. The summed E-state index contributed by atoms with van der Waals surface area (Å²) in [6.07, 6.45) is -4.59. The number of rotatable bonds is 1. The number of aryl methyl sites for hydroxylation is 1. The molecule has 0 aliphatic rings. The lowest BCUT2D eigenvalue weighted by molar-refractivity contribution is -0.146. The fourth-order valence-corrected chi connectivity index (χ4v) is 3.04. The van der Waals surface area contributed by atoms with Gasteiger partial charge in [-0.2, -0.15) is 13.2 Å². The molecule has 0 aliphatic heterocycles. The van der Waals surface area contributed by atoms with Gasteiger partial charge in [-0.1, -0.05) is 34.8 Å². The molecule has 0 unspecified atom stereocenters. The van der Waals surface area contributed by atoms with Crippen LogP contribution in [0.2, 0.25) is 15.1 Å². The first kappa shape index (κ1) is 15.2. The Balaban J connectivity index is 3.00. The number of aromatic nitrogens is 2. The maximum Gasteiger partial charge on any atom is 0.449 e. The SMILES string of the molecule is CCn1c(C(F)(F)F)nc2c(Br)c(Cl)c(Cl)c(Cl)c21. The van der Waals surface area contributed by atoms with Crippen molar-refractivity contribution in [1.82, 2.24) is 9.55 Å². The first-order valence-electron chi connectivity index (χ1n) is 4.99. The number of imidazole rings is 1. The maximum absolute atomic E-state index is 12.9. The molecule has 19 heavy (non-hydrogen) atoms. The van der Waals surface area contributed by atoms with Crippen molar-refractivity contribution in [3.8, 4) is 0 Å². The molecule has 0 saturated heterocycles. The van der Waals surface area contributed by atoms with E-state index in [4.69, 9.17) is 34.8 Å². The van der Waals surface area contributed by atoms with Gasteiger partial charge >= 0.3 is 6.18 Å². The highest BCUT2D eigenvalue weighted by molar-refractivity contribution is 9.10. The van der Waals surface area contributed by atoms with Crippen LogP contribution in [0.4, 0.5) is 13.2 Å². The molecule has 2 rings (SSSR count). The van der Waals surface area contributed by atoms with Crippen LogP contribution in [0.15, 0.2) is 4.47 Å². The highest BCUT2D eigenvalue weighted by Gasteiger charge is 2.38. The average Bonchev–Trinajstić information content (AvgIpc) is 2.73. The van der Waals surface area contributed by atoms with E-state index in [1.807, 2.05) is 0 Å². The summed E-state index contributed by atoms with van der Waals surface area (Å²) in [5.74, 6) is -1.04. The van der Waals surface area contributed by atoms with Crippen molar-refractivity contribution in [2.45, 2.75) is 19.6 Å². The zero-order valence-electron chi connectivity index (χ0n) is 9.25. The second kappa shape index (κ2) is 4.98. The number of fused-ring (bicyclic) bond motifs is 1. The number of hydrogen-bond acceptors (Lipinski definition) is 1. The van der Waals surface area contributed by atoms with Crippen molar-refractivity contribution in [1.29, 1.82) is 0 Å². The van der Waals surface area contributed by atoms with Crippen molar-refractivity contribution in [3.05, 3.63) is 25.4 Å². The van der Waals surface area contributed by atoms with Crippen LogP contribution in [-0.4, -0.2) is 9.55 Å². The van der Waals surface area contributed by atoms with Crippen LogP contribution in [0.25, 0.3) is 11.0 Å². The van der Waals surface area contributed by atoms with E-state index in [1.165, 1.54) is 0 Å². The Morgan fingerprint density at radius 1 is 1.16 bits per heavy atom. The fraction of sp³-hybridized carbons (Fsp3) is 0.300. The molecule has 1 aromatic carbocycles. The van der Waals surface area contributed by atoms with E-state index in [0.717, 1.165) is 4.57 Å². The zero-order valence-corrected chi connectivity index (χ0v) is 13.1. The van der Waals surface area contributed by atoms with Gasteiger partial charge in [0.2, 0.25) is 5.82 Å². The molecule has 0 fully saturated rings. The molecule has 1 aromatic heterocycles. The minimum absolute atomic E-state index is 0.00830. The van der Waals surface area contributed by atoms with Gasteiger partial charge in [0, 0.05) is 6.54 Å². The molecule has 0 spiro atoms. The van der Waals surface area contributed by atoms with E-state index in [1.54, 1.807) is 6.92 Å². The zero-order chi connectivity index (χ0) is 14.5. The molecule has 9 heteroatoms. The molecule has 0 N–H and O–H groups in total. The van der Waals surface area contributed by atoms with Gasteiger partial charge in [0.25, 0.3) is 0 Å². The van der Waals surface area contributed by atoms with Crippen LogP contribution in [-0.2, 0) is 12.7 Å². The van der Waals surface area contributed by atoms with Gasteiger partial charge < -0.3 is 4.57 Å². The van der Waals surface area contributed by atoms with Crippen molar-refractivity contribution in [2.24, 2.45) is 0 Å². The lowest BCUT2D eigenvalue weighted by Crippen LogP contribution is -2.14. The molecule has 0 bridgehead atoms. The lowest BCUT2D eigenvalue weighted by atomic mass is 10.3. The van der Waals surface area contributed by atoms with Crippen LogP contribution in [0.5, 0.6) is 0 Å². The van der Waals surface area contributed by atoms with Crippen LogP contribution in [0.1, 0.15) is 12.7 Å². The molecular formula is C10H5BrCl3F3N2. The number of nitrogens with zero attached hydrogens (tertiary/aromatic N) is 2. The highest BCUT2D eigenvalue weighted by Crippen LogP contribution is 2.44. The molecule has 2 nitrogen and oxygen atoms in total. The van der Waals surface area contributed by atoms with E-state index < -0.39 is 12.0 Å². The van der Waals surface area contributed by atoms with Gasteiger partial charge in [0.05, 0.1) is 25.1 Å². The smallest absolute Gasteiger partial charge is 0.319 e. The fourth-order valence-electron chi connectivity index (χ4n) is 1.75. The van der Waals surface area contributed by atoms with Crippen LogP contribution in [0.3, 0.4) is 0 Å². The third-order valence-corrected chi connectivity index (χ3v) is 4.85. The van der Waals surface area contributed by atoms with Crippen molar-refractivity contribution in [2.75, 3.05) is 0 Å². The molecule has 2 aromatic rings. The van der Waals surface area contributed by atoms with E-state index in [9.17, 15) is 13.2 Å². The Bertz CT molecular complexity index is 667. The van der Waals surface area contributed by atoms with Gasteiger partial charge in [-0.25, -0.2) is 4.98 Å². The number of hydrogen-bond donors (Lipinski definition) is 0. The molecule has 0 aliphatic carbocycles. The number of alkyl halides is 3. The van der Waals surface area contributed by atoms with E-state index in [-0.39, 0.29) is 37.1 Å². The third kappa shape index (κ3) is 2.33. The molecule has 104 valence electrons. The summed E-state index contributed by atoms with van der Waals surface area (Å²) in [5, 5.41) is -0.0191. The Hall–Kier alpha value is -0.170. The molecule has 0 amide bonds. The quantitative estimate of drug-likeness (QED) is 0.440. The van der Waals surface area contributed by atoms with E-state index in [2.05, 4.69) is 20.9 Å². The third-order valence-electron chi connectivity index (χ3n) is 2.53. The van der Waals surface area contributed by atoms with E-state index in [0.29, 0.717) is 0 Å². The number of halogens is 7. The van der Waals surface area contributed by atoms with Crippen LogP contribution < -0.4 is 0 Å². The van der Waals surface area contributed by atoms with Gasteiger partial charge in [0.1, 0.15) is 5.52 Å². The molecular weight excluding hydrogens is 391 g/mol. The van der Waals surface area contributed by atoms with Crippen LogP contribution >= 0.6 is 50.7 Å². The Labute approximate surface area is 129 Å². The summed E-state index contributed by atoms with van der Waals surface area (Å²) >= 11 is 20.9. The second-order valence-electron chi connectivity index (χ2n) is 3.63. The molecule has 1 heterocycles. The molecule has 0 atom stereocenters. The van der Waals surface area contributed by atoms with Crippen LogP contribution in [0, 0.1) is 0 Å². The average molecular weight is 396 g/mol. The summed E-state index contributed by atoms with van der Waals surface area (Å²) in [7, 11) is 0. The monoisotopic (exact) mass is 394 g/mol. The predicted octanol–water partition coefficient (Wildman–Crippen LogP) is 5.80. The Kier molecular flexibility index (Phi) is 3.99. The maximum atomic E-state index is 12.9. The number of benzene rings is 1. The summed E-state index contributed by atoms with van der Waals surface area (Å²) < 4.78 is 39.9. The van der Waals surface area contributed by atoms with Gasteiger partial charge in [0.15, 0.2) is 0 Å². The van der Waals surface area contributed by atoms with Crippen molar-refractivity contribution < 1.29 is 13.2 Å². The van der Waals surface area contributed by atoms with E-state index >= 15 is 0 Å². The summed E-state index contributed by atoms with van der Waals surface area (Å²) in [6.45, 7) is 1.61. The lowest BCUT2D eigenvalue weighted by Gasteiger charge is -2.10.